The van der Waals surface area contributed by atoms with E-state index in [4.69, 9.17) is 0 Å². The Morgan fingerprint density at radius 2 is 1.95 bits per heavy atom. The maximum absolute atomic E-state index is 12.4. The molecule has 0 aliphatic heterocycles. The van der Waals surface area contributed by atoms with Crippen LogP contribution < -0.4 is 0 Å². The van der Waals surface area contributed by atoms with E-state index in [-0.39, 0.29) is 18.6 Å². The highest BCUT2D eigenvalue weighted by atomic mass is 32.1. The highest BCUT2D eigenvalue weighted by molar-refractivity contribution is 7.11. The quantitative estimate of drug-likeness (QED) is 0.867. The molecule has 2 aromatic rings. The maximum atomic E-state index is 12.4. The molecule has 0 aliphatic rings. The summed E-state index contributed by atoms with van der Waals surface area (Å²) in [4.78, 5) is 20.4. The molecule has 7 heteroatoms. The van der Waals surface area contributed by atoms with Crippen LogP contribution in [0.1, 0.15) is 26.8 Å². The molecule has 2 aromatic heterocycles. The fourth-order valence-electron chi connectivity index (χ4n) is 1.90. The van der Waals surface area contributed by atoms with Crippen LogP contribution in [0.4, 0.5) is 13.2 Å². The monoisotopic (exact) mass is 314 g/mol. The summed E-state index contributed by atoms with van der Waals surface area (Å²) < 4.78 is 37.1. The van der Waals surface area contributed by atoms with Crippen molar-refractivity contribution in [2.24, 2.45) is 0 Å². The van der Waals surface area contributed by atoms with Crippen LogP contribution in [0.5, 0.6) is 0 Å². The summed E-state index contributed by atoms with van der Waals surface area (Å²) in [5, 5.41) is 0.895. The van der Waals surface area contributed by atoms with Crippen molar-refractivity contribution in [1.82, 2.24) is 9.97 Å². The van der Waals surface area contributed by atoms with Gasteiger partial charge in [-0.05, 0) is 25.5 Å². The van der Waals surface area contributed by atoms with Gasteiger partial charge in [-0.25, -0.2) is 4.98 Å². The number of pyridine rings is 1. The van der Waals surface area contributed by atoms with E-state index in [0.717, 1.165) is 27.8 Å². The molecule has 0 saturated carbocycles. The summed E-state index contributed by atoms with van der Waals surface area (Å²) in [6, 6.07) is 2.18. The normalized spacial score (nSPS) is 11.7. The number of aryl methyl sites for hydroxylation is 2. The Hall–Kier alpha value is -1.76. The van der Waals surface area contributed by atoms with Crippen LogP contribution in [0, 0.1) is 13.8 Å². The van der Waals surface area contributed by atoms with Gasteiger partial charge in [-0.1, -0.05) is 6.07 Å². The molecule has 0 radical (unpaired) electrons. The summed E-state index contributed by atoms with van der Waals surface area (Å²) in [7, 11) is 0. The van der Waals surface area contributed by atoms with E-state index in [9.17, 15) is 18.0 Å². The predicted octanol–water partition coefficient (Wildman–Crippen LogP) is 3.53. The number of carbonyl (C=O) groups is 1. The molecule has 0 bridgehead atoms. The van der Waals surface area contributed by atoms with Crippen LogP contribution >= 0.6 is 11.3 Å². The van der Waals surface area contributed by atoms with Crippen LogP contribution in [0.15, 0.2) is 18.3 Å². The second kappa shape index (κ2) is 5.93. The van der Waals surface area contributed by atoms with E-state index in [1.54, 1.807) is 0 Å². The molecule has 2 heterocycles. The molecule has 0 aliphatic carbocycles. The molecule has 0 saturated heterocycles. The van der Waals surface area contributed by atoms with Crippen LogP contribution in [0.2, 0.25) is 0 Å². The SMILES string of the molecule is Cc1nc(C)c(CC(=O)Cc2ccc(C(F)(F)F)nc2)s1. The van der Waals surface area contributed by atoms with E-state index in [2.05, 4.69) is 9.97 Å². The minimum Gasteiger partial charge on any atom is -0.299 e. The smallest absolute Gasteiger partial charge is 0.299 e. The summed E-state index contributed by atoms with van der Waals surface area (Å²) >= 11 is 1.46. The van der Waals surface area contributed by atoms with E-state index >= 15 is 0 Å². The topological polar surface area (TPSA) is 42.9 Å². The van der Waals surface area contributed by atoms with Crippen molar-refractivity contribution in [3.8, 4) is 0 Å². The van der Waals surface area contributed by atoms with Crippen molar-refractivity contribution in [3.05, 3.63) is 45.2 Å². The number of ketones is 1. The molecular formula is C14H13F3N2OS. The summed E-state index contributed by atoms with van der Waals surface area (Å²) in [6.45, 7) is 3.71. The lowest BCUT2D eigenvalue weighted by molar-refractivity contribution is -0.141. The number of halogens is 3. The lowest BCUT2D eigenvalue weighted by Crippen LogP contribution is -2.10. The van der Waals surface area contributed by atoms with E-state index < -0.39 is 11.9 Å². The number of hydrogen-bond donors (Lipinski definition) is 0. The molecule has 2 rings (SSSR count). The summed E-state index contributed by atoms with van der Waals surface area (Å²) in [5.41, 5.74) is 0.357. The van der Waals surface area contributed by atoms with Crippen molar-refractivity contribution >= 4 is 17.1 Å². The third-order valence-corrected chi connectivity index (χ3v) is 3.95. The first-order chi connectivity index (χ1) is 9.75. The zero-order chi connectivity index (χ0) is 15.6. The first-order valence-corrected chi connectivity index (χ1v) is 7.04. The van der Waals surface area contributed by atoms with Gasteiger partial charge in [0, 0.05) is 23.9 Å². The highest BCUT2D eigenvalue weighted by Crippen LogP contribution is 2.27. The Morgan fingerprint density at radius 3 is 2.43 bits per heavy atom. The number of aromatic nitrogens is 2. The van der Waals surface area contributed by atoms with Crippen molar-refractivity contribution in [1.29, 1.82) is 0 Å². The average Bonchev–Trinajstić information content (AvgIpc) is 2.67. The Labute approximate surface area is 123 Å². The molecule has 0 fully saturated rings. The zero-order valence-electron chi connectivity index (χ0n) is 11.5. The molecule has 0 amide bonds. The van der Waals surface area contributed by atoms with Gasteiger partial charge in [-0.2, -0.15) is 13.2 Å². The number of hydrogen-bond acceptors (Lipinski definition) is 4. The number of carbonyl (C=O) groups excluding carboxylic acids is 1. The van der Waals surface area contributed by atoms with Crippen LogP contribution in [-0.2, 0) is 23.8 Å². The Morgan fingerprint density at radius 1 is 1.24 bits per heavy atom. The molecule has 21 heavy (non-hydrogen) atoms. The summed E-state index contributed by atoms with van der Waals surface area (Å²) in [5.74, 6) is -0.0664. The second-order valence-electron chi connectivity index (χ2n) is 4.68. The number of Topliss-reactive ketones (excluding diaryl/α,β-unsaturated/α-hetero) is 1. The third kappa shape index (κ3) is 4.10. The number of rotatable bonds is 4. The number of alkyl halides is 3. The van der Waals surface area contributed by atoms with Gasteiger partial charge in [-0.15, -0.1) is 11.3 Å². The lowest BCUT2D eigenvalue weighted by Gasteiger charge is -2.06. The second-order valence-corrected chi connectivity index (χ2v) is 5.97. The number of nitrogens with zero attached hydrogens (tertiary/aromatic N) is 2. The van der Waals surface area contributed by atoms with Gasteiger partial charge in [0.2, 0.25) is 0 Å². The molecule has 0 N–H and O–H groups in total. The first kappa shape index (κ1) is 15.6. The van der Waals surface area contributed by atoms with Gasteiger partial charge >= 0.3 is 6.18 Å². The molecule has 3 nitrogen and oxygen atoms in total. The van der Waals surface area contributed by atoms with E-state index in [0.29, 0.717) is 5.56 Å². The number of thiazole rings is 1. The highest BCUT2D eigenvalue weighted by Gasteiger charge is 2.32. The zero-order valence-corrected chi connectivity index (χ0v) is 12.3. The summed E-state index contributed by atoms with van der Waals surface area (Å²) in [6.07, 6.45) is -3.04. The fraction of sp³-hybridized carbons (Fsp3) is 0.357. The largest absolute Gasteiger partial charge is 0.433 e. The van der Waals surface area contributed by atoms with Crippen molar-refractivity contribution in [2.45, 2.75) is 32.9 Å². The van der Waals surface area contributed by atoms with Crippen LogP contribution in [0.3, 0.4) is 0 Å². The van der Waals surface area contributed by atoms with E-state index in [1.807, 2.05) is 13.8 Å². The Kier molecular flexibility index (Phi) is 4.41. The molecular weight excluding hydrogens is 301 g/mol. The van der Waals surface area contributed by atoms with Gasteiger partial charge in [0.1, 0.15) is 11.5 Å². The minimum absolute atomic E-state index is 0.0664. The van der Waals surface area contributed by atoms with E-state index in [1.165, 1.54) is 17.4 Å². The van der Waals surface area contributed by atoms with Gasteiger partial charge < -0.3 is 0 Å². The third-order valence-electron chi connectivity index (χ3n) is 2.87. The van der Waals surface area contributed by atoms with Crippen molar-refractivity contribution < 1.29 is 18.0 Å². The standard InChI is InChI=1S/C14H13F3N2OS/c1-8-12(21-9(2)19-8)6-11(20)5-10-3-4-13(18-7-10)14(15,16)17/h3-4,7H,5-6H2,1-2H3. The predicted molar refractivity (Wildman–Crippen MR) is 73.2 cm³/mol. The Balaban J connectivity index is 2.01. The molecule has 0 spiro atoms. The van der Waals surface area contributed by atoms with Gasteiger partial charge in [-0.3, -0.25) is 9.78 Å². The van der Waals surface area contributed by atoms with Gasteiger partial charge in [0.25, 0.3) is 0 Å². The van der Waals surface area contributed by atoms with Crippen LogP contribution in [-0.4, -0.2) is 15.8 Å². The average molecular weight is 314 g/mol. The van der Waals surface area contributed by atoms with Crippen molar-refractivity contribution in [2.75, 3.05) is 0 Å². The molecule has 0 unspecified atom stereocenters. The maximum Gasteiger partial charge on any atom is 0.433 e. The Bertz CT molecular complexity index is 647. The first-order valence-electron chi connectivity index (χ1n) is 6.22. The fourth-order valence-corrected chi connectivity index (χ4v) is 2.87. The van der Waals surface area contributed by atoms with Crippen LogP contribution in [0.25, 0.3) is 0 Å². The molecule has 0 atom stereocenters. The molecule has 0 aromatic carbocycles. The van der Waals surface area contributed by atoms with Crippen molar-refractivity contribution in [3.63, 3.8) is 0 Å². The van der Waals surface area contributed by atoms with Gasteiger partial charge in [0.05, 0.1) is 10.7 Å². The lowest BCUT2D eigenvalue weighted by atomic mass is 10.1. The van der Waals surface area contributed by atoms with Gasteiger partial charge in [0.15, 0.2) is 0 Å². The molecule has 112 valence electrons. The minimum atomic E-state index is -4.46.